The van der Waals surface area contributed by atoms with Crippen LogP contribution in [0.15, 0.2) is 24.4 Å². The molecule has 3 aliphatic rings. The summed E-state index contributed by atoms with van der Waals surface area (Å²) in [7, 11) is 0. The van der Waals surface area contributed by atoms with Crippen LogP contribution >= 0.6 is 0 Å². The zero-order valence-electron chi connectivity index (χ0n) is 14.6. The molecule has 24 heavy (non-hydrogen) atoms. The second-order valence-corrected chi connectivity index (χ2v) is 7.32. The molecule has 1 amide bonds. The average Bonchev–Trinajstić information content (AvgIpc) is 2.81. The molecule has 0 saturated carbocycles. The molecule has 2 atom stereocenters. The fraction of sp³-hybridized carbons (Fsp3) is 0.579. The van der Waals surface area contributed by atoms with Gasteiger partial charge in [0.25, 0.3) is 5.91 Å². The summed E-state index contributed by atoms with van der Waals surface area (Å²) < 4.78 is 2.00. The SMILES string of the molecule is CCCN1C[C@H]2CC[C@@H]1CN(C(=O)c1cn3c(C)cccc3n1)C2. The number of hydrogen-bond acceptors (Lipinski definition) is 3. The number of carbonyl (C=O) groups is 1. The van der Waals surface area contributed by atoms with Crippen LogP contribution in [0.2, 0.25) is 0 Å². The highest BCUT2D eigenvalue weighted by Gasteiger charge is 2.36. The van der Waals surface area contributed by atoms with Crippen molar-refractivity contribution in [2.24, 2.45) is 5.92 Å². The van der Waals surface area contributed by atoms with Crippen LogP contribution in [0.3, 0.4) is 0 Å². The van der Waals surface area contributed by atoms with Crippen molar-refractivity contribution in [1.82, 2.24) is 19.2 Å². The van der Waals surface area contributed by atoms with Gasteiger partial charge in [-0.05, 0) is 50.8 Å². The summed E-state index contributed by atoms with van der Waals surface area (Å²) in [6.45, 7) is 8.30. The molecule has 5 heterocycles. The first-order chi connectivity index (χ1) is 11.7. The normalized spacial score (nSPS) is 24.5. The number of hydrogen-bond donors (Lipinski definition) is 0. The highest BCUT2D eigenvalue weighted by Crippen LogP contribution is 2.28. The molecule has 0 radical (unpaired) electrons. The van der Waals surface area contributed by atoms with Gasteiger partial charge in [-0.1, -0.05) is 13.0 Å². The van der Waals surface area contributed by atoms with Crippen molar-refractivity contribution >= 4 is 11.6 Å². The molecule has 0 aromatic carbocycles. The summed E-state index contributed by atoms with van der Waals surface area (Å²) in [5, 5.41) is 0. The van der Waals surface area contributed by atoms with Gasteiger partial charge in [0.2, 0.25) is 0 Å². The summed E-state index contributed by atoms with van der Waals surface area (Å²) in [6, 6.07) is 6.50. The van der Waals surface area contributed by atoms with Gasteiger partial charge in [-0.25, -0.2) is 4.98 Å². The third-order valence-corrected chi connectivity index (χ3v) is 5.54. The lowest BCUT2D eigenvalue weighted by Gasteiger charge is -2.35. The highest BCUT2D eigenvalue weighted by molar-refractivity contribution is 5.93. The molecule has 2 aromatic rings. The number of amides is 1. The van der Waals surface area contributed by atoms with Crippen molar-refractivity contribution < 1.29 is 4.79 Å². The molecule has 3 aliphatic heterocycles. The van der Waals surface area contributed by atoms with E-state index >= 15 is 0 Å². The van der Waals surface area contributed by atoms with Crippen molar-refractivity contribution in [1.29, 1.82) is 0 Å². The van der Waals surface area contributed by atoms with Crippen LogP contribution in [0.4, 0.5) is 0 Å². The van der Waals surface area contributed by atoms with Gasteiger partial charge < -0.3 is 9.30 Å². The van der Waals surface area contributed by atoms with E-state index in [2.05, 4.69) is 21.7 Å². The van der Waals surface area contributed by atoms with Gasteiger partial charge in [-0.3, -0.25) is 9.69 Å². The van der Waals surface area contributed by atoms with Gasteiger partial charge in [-0.2, -0.15) is 0 Å². The quantitative estimate of drug-likeness (QED) is 0.870. The lowest BCUT2D eigenvalue weighted by molar-refractivity contribution is 0.0733. The van der Waals surface area contributed by atoms with E-state index in [1.807, 2.05) is 35.7 Å². The Balaban J connectivity index is 1.58. The first kappa shape index (κ1) is 15.6. The Morgan fingerprint density at radius 2 is 2.12 bits per heavy atom. The largest absolute Gasteiger partial charge is 0.335 e. The third kappa shape index (κ3) is 2.71. The summed E-state index contributed by atoms with van der Waals surface area (Å²) in [4.78, 5) is 22.3. The molecule has 0 aliphatic carbocycles. The first-order valence-electron chi connectivity index (χ1n) is 9.13. The summed E-state index contributed by atoms with van der Waals surface area (Å²) in [5.41, 5.74) is 2.53. The topological polar surface area (TPSA) is 40.9 Å². The van der Waals surface area contributed by atoms with Crippen molar-refractivity contribution in [3.63, 3.8) is 0 Å². The number of rotatable bonds is 3. The minimum Gasteiger partial charge on any atom is -0.335 e. The van der Waals surface area contributed by atoms with Crippen molar-refractivity contribution in [3.8, 4) is 0 Å². The van der Waals surface area contributed by atoms with Crippen LogP contribution in [0.1, 0.15) is 42.4 Å². The average molecular weight is 326 g/mol. The number of piperidine rings is 1. The Morgan fingerprint density at radius 1 is 1.25 bits per heavy atom. The lowest BCUT2D eigenvalue weighted by atomic mass is 9.95. The molecule has 2 aromatic heterocycles. The van der Waals surface area contributed by atoms with Gasteiger partial charge in [0.1, 0.15) is 11.3 Å². The smallest absolute Gasteiger partial charge is 0.274 e. The zero-order chi connectivity index (χ0) is 16.7. The molecule has 5 heteroatoms. The molecule has 128 valence electrons. The molecule has 0 spiro atoms. The number of nitrogens with zero attached hydrogens (tertiary/aromatic N) is 4. The standard InChI is InChI=1S/C19H26N4O/c1-3-9-21-10-15-7-8-16(21)12-22(11-15)19(24)17-13-23-14(2)5-4-6-18(23)20-17/h4-6,13,15-16H,3,7-12H2,1-2H3/t15-,16-/m1/s1. The van der Waals surface area contributed by atoms with Crippen molar-refractivity contribution in [2.45, 2.75) is 39.2 Å². The number of aryl methyl sites for hydroxylation is 1. The number of fused-ring (bicyclic) bond motifs is 5. The van der Waals surface area contributed by atoms with Crippen molar-refractivity contribution in [3.05, 3.63) is 35.8 Å². The Hall–Kier alpha value is -1.88. The van der Waals surface area contributed by atoms with E-state index in [-0.39, 0.29) is 5.91 Å². The number of imidazole rings is 1. The van der Waals surface area contributed by atoms with Crippen LogP contribution in [-0.4, -0.2) is 57.3 Å². The van der Waals surface area contributed by atoms with E-state index in [9.17, 15) is 4.79 Å². The van der Waals surface area contributed by atoms with E-state index in [1.165, 1.54) is 19.3 Å². The summed E-state index contributed by atoms with van der Waals surface area (Å²) in [6.07, 6.45) is 5.55. The number of aromatic nitrogens is 2. The summed E-state index contributed by atoms with van der Waals surface area (Å²) in [5.74, 6) is 0.700. The number of carbonyl (C=O) groups excluding carboxylic acids is 1. The monoisotopic (exact) mass is 326 g/mol. The lowest BCUT2D eigenvalue weighted by Crippen LogP contribution is -2.44. The highest BCUT2D eigenvalue weighted by atomic mass is 16.2. The van der Waals surface area contributed by atoms with Gasteiger partial charge in [-0.15, -0.1) is 0 Å². The molecule has 5 nitrogen and oxygen atoms in total. The van der Waals surface area contributed by atoms with Crippen LogP contribution in [-0.2, 0) is 0 Å². The van der Waals surface area contributed by atoms with Crippen LogP contribution in [0.25, 0.3) is 5.65 Å². The molecule has 0 N–H and O–H groups in total. The maximum absolute atomic E-state index is 13.0. The minimum absolute atomic E-state index is 0.0911. The van der Waals surface area contributed by atoms with E-state index in [1.54, 1.807) is 0 Å². The molecular weight excluding hydrogens is 300 g/mol. The number of pyridine rings is 1. The maximum Gasteiger partial charge on any atom is 0.274 e. The fourth-order valence-electron chi connectivity index (χ4n) is 4.32. The fourth-order valence-corrected chi connectivity index (χ4v) is 4.32. The molecular formula is C19H26N4O. The van der Waals surface area contributed by atoms with Gasteiger partial charge in [0, 0.05) is 37.6 Å². The van der Waals surface area contributed by atoms with E-state index in [0.29, 0.717) is 17.7 Å². The Kier molecular flexibility index (Phi) is 4.04. The predicted octanol–water partition coefficient (Wildman–Crippen LogP) is 2.59. The Morgan fingerprint density at radius 3 is 2.92 bits per heavy atom. The molecule has 0 unspecified atom stereocenters. The molecule has 5 rings (SSSR count). The predicted molar refractivity (Wildman–Crippen MR) is 94.2 cm³/mol. The zero-order valence-corrected chi connectivity index (χ0v) is 14.6. The summed E-state index contributed by atoms with van der Waals surface area (Å²) >= 11 is 0. The van der Waals surface area contributed by atoms with Crippen molar-refractivity contribution in [2.75, 3.05) is 26.2 Å². The Labute approximate surface area is 143 Å². The van der Waals surface area contributed by atoms with Gasteiger partial charge in [0.05, 0.1) is 0 Å². The second kappa shape index (κ2) is 6.20. The minimum atomic E-state index is 0.0911. The molecule has 3 saturated heterocycles. The van der Waals surface area contributed by atoms with Crippen LogP contribution in [0, 0.1) is 12.8 Å². The second-order valence-electron chi connectivity index (χ2n) is 7.32. The van der Waals surface area contributed by atoms with Crippen LogP contribution < -0.4 is 0 Å². The third-order valence-electron chi connectivity index (χ3n) is 5.54. The van der Waals surface area contributed by atoms with Gasteiger partial charge >= 0.3 is 0 Å². The molecule has 3 fully saturated rings. The van der Waals surface area contributed by atoms with Gasteiger partial charge in [0.15, 0.2) is 0 Å². The molecule has 2 bridgehead atoms. The Bertz CT molecular complexity index is 753. The first-order valence-corrected chi connectivity index (χ1v) is 9.13. The van der Waals surface area contributed by atoms with E-state index < -0.39 is 0 Å². The van der Waals surface area contributed by atoms with E-state index in [0.717, 1.165) is 37.5 Å². The van der Waals surface area contributed by atoms with Crippen LogP contribution in [0.5, 0.6) is 0 Å². The maximum atomic E-state index is 13.0. The van der Waals surface area contributed by atoms with E-state index in [4.69, 9.17) is 0 Å².